The van der Waals surface area contributed by atoms with Crippen molar-refractivity contribution in [2.45, 2.75) is 16.9 Å². The number of thiocarbonyl (C=S) groups is 1. The third kappa shape index (κ3) is 6.72. The first-order valence-corrected chi connectivity index (χ1v) is 9.62. The van der Waals surface area contributed by atoms with Crippen LogP contribution in [0.25, 0.3) is 0 Å². The van der Waals surface area contributed by atoms with Crippen LogP contribution in [0.1, 0.15) is 5.56 Å². The largest absolute Gasteiger partial charge is 0.339 e. The van der Waals surface area contributed by atoms with Gasteiger partial charge in [0, 0.05) is 23.0 Å². The smallest absolute Gasteiger partial charge is 0.318 e. The average Bonchev–Trinajstić information content (AvgIpc) is 2.42. The van der Waals surface area contributed by atoms with Gasteiger partial charge in [-0.3, -0.25) is 0 Å². The maximum atomic E-state index is 11.8. The minimum absolute atomic E-state index is 0.188. The van der Waals surface area contributed by atoms with Crippen LogP contribution in [0.5, 0.6) is 0 Å². The number of carbonyl (C=O) groups is 1. The number of nitrogens with one attached hydrogen (secondary N) is 3. The topological polar surface area (TPSA) is 56.4 Å². The molecule has 0 spiro atoms. The van der Waals surface area contributed by atoms with Gasteiger partial charge in [-0.25, -0.2) is 4.79 Å². The fourth-order valence-electron chi connectivity index (χ4n) is 1.49. The Labute approximate surface area is 178 Å². The Morgan fingerprint density at radius 1 is 1.21 bits per heavy atom. The molecule has 1 aromatic rings. The molecule has 2 amide bonds. The molecule has 1 rings (SSSR count). The summed E-state index contributed by atoms with van der Waals surface area (Å²) in [5.74, 6) is 0. The SMILES string of the molecule is Cc1cc(NC(=S)NC(NC(=O)N(C)C)C(Cl)(Cl)Cl)c(Br)cc1Br. The third-order valence-electron chi connectivity index (χ3n) is 2.77. The van der Waals surface area contributed by atoms with E-state index in [1.807, 2.05) is 19.1 Å². The third-order valence-corrected chi connectivity index (χ3v) is 5.16. The molecule has 0 saturated carbocycles. The lowest BCUT2D eigenvalue weighted by Crippen LogP contribution is -2.57. The van der Waals surface area contributed by atoms with Gasteiger partial charge in [-0.15, -0.1) is 0 Å². The summed E-state index contributed by atoms with van der Waals surface area (Å²) in [5, 5.41) is 8.51. The Morgan fingerprint density at radius 2 is 1.79 bits per heavy atom. The predicted octanol–water partition coefficient (Wildman–Crippen LogP) is 4.77. The Morgan fingerprint density at radius 3 is 2.29 bits per heavy atom. The van der Waals surface area contributed by atoms with Crippen molar-refractivity contribution in [1.29, 1.82) is 0 Å². The van der Waals surface area contributed by atoms with Crippen molar-refractivity contribution >= 4 is 95.7 Å². The van der Waals surface area contributed by atoms with Crippen LogP contribution < -0.4 is 16.0 Å². The van der Waals surface area contributed by atoms with Gasteiger partial charge < -0.3 is 20.9 Å². The van der Waals surface area contributed by atoms with E-state index in [0.29, 0.717) is 0 Å². The number of benzene rings is 1. The highest BCUT2D eigenvalue weighted by Gasteiger charge is 2.35. The van der Waals surface area contributed by atoms with Crippen molar-refractivity contribution in [3.63, 3.8) is 0 Å². The molecule has 0 bridgehead atoms. The van der Waals surface area contributed by atoms with Gasteiger partial charge in [0.25, 0.3) is 0 Å². The number of urea groups is 1. The van der Waals surface area contributed by atoms with E-state index in [-0.39, 0.29) is 5.11 Å². The highest BCUT2D eigenvalue weighted by atomic mass is 79.9. The molecule has 0 aliphatic heterocycles. The lowest BCUT2D eigenvalue weighted by atomic mass is 10.2. The molecule has 134 valence electrons. The van der Waals surface area contributed by atoms with Crippen LogP contribution in [-0.2, 0) is 0 Å². The van der Waals surface area contributed by atoms with E-state index >= 15 is 0 Å². The second-order valence-corrected chi connectivity index (χ2v) is 9.48. The lowest BCUT2D eigenvalue weighted by molar-refractivity contribution is 0.212. The first kappa shape index (κ1) is 22.1. The molecule has 1 atom stereocenters. The molecular weight excluding hydrogens is 526 g/mol. The number of hydrogen-bond acceptors (Lipinski definition) is 2. The van der Waals surface area contributed by atoms with Gasteiger partial charge >= 0.3 is 6.03 Å². The van der Waals surface area contributed by atoms with E-state index in [0.717, 1.165) is 20.2 Å². The molecule has 11 heteroatoms. The normalized spacial score (nSPS) is 12.3. The quantitative estimate of drug-likeness (QED) is 0.293. The summed E-state index contributed by atoms with van der Waals surface area (Å²) in [5.41, 5.74) is 1.75. The van der Waals surface area contributed by atoms with E-state index in [2.05, 4.69) is 47.8 Å². The van der Waals surface area contributed by atoms with Crippen molar-refractivity contribution in [1.82, 2.24) is 15.5 Å². The summed E-state index contributed by atoms with van der Waals surface area (Å²) >= 11 is 29.8. The minimum atomic E-state index is -1.80. The maximum absolute atomic E-state index is 11.8. The lowest BCUT2D eigenvalue weighted by Gasteiger charge is -2.29. The van der Waals surface area contributed by atoms with Crippen LogP contribution in [-0.4, -0.2) is 40.1 Å². The number of hydrogen-bond donors (Lipinski definition) is 3. The van der Waals surface area contributed by atoms with Crippen molar-refractivity contribution < 1.29 is 4.79 Å². The molecule has 3 N–H and O–H groups in total. The van der Waals surface area contributed by atoms with Crippen LogP contribution in [0, 0.1) is 6.92 Å². The zero-order chi connectivity index (χ0) is 18.7. The zero-order valence-corrected chi connectivity index (χ0v) is 19.1. The Bertz CT molecular complexity index is 640. The number of carbonyl (C=O) groups excluding carboxylic acids is 1. The molecule has 0 aliphatic rings. The second-order valence-electron chi connectivity index (χ2n) is 5.00. The van der Waals surface area contributed by atoms with Crippen LogP contribution >= 0.6 is 78.9 Å². The summed E-state index contributed by atoms with van der Waals surface area (Å²) in [6, 6.07) is 3.35. The summed E-state index contributed by atoms with van der Waals surface area (Å²) in [6.45, 7) is 1.94. The van der Waals surface area contributed by atoms with Gasteiger partial charge in [-0.1, -0.05) is 50.7 Å². The number of amides is 2. The summed E-state index contributed by atoms with van der Waals surface area (Å²) in [4.78, 5) is 13.1. The van der Waals surface area contributed by atoms with Crippen LogP contribution in [0.2, 0.25) is 0 Å². The number of halogens is 5. The summed E-state index contributed by atoms with van der Waals surface area (Å²) in [7, 11) is 3.14. The number of nitrogens with zero attached hydrogens (tertiary/aromatic N) is 1. The molecular formula is C13H15Br2Cl3N4OS. The Balaban J connectivity index is 2.86. The van der Waals surface area contributed by atoms with Crippen molar-refractivity contribution in [2.75, 3.05) is 19.4 Å². The van der Waals surface area contributed by atoms with E-state index in [1.54, 1.807) is 14.1 Å². The second kappa shape index (κ2) is 9.09. The molecule has 0 fully saturated rings. The standard InChI is InChI=1S/C13H15Br2Cl3N4OS/c1-6-4-9(8(15)5-7(6)14)19-11(24)20-10(13(16,17)18)21-12(23)22(2)3/h4-5,10H,1-3H3,(H,21,23)(H2,19,20,24). The molecule has 24 heavy (non-hydrogen) atoms. The molecule has 0 aromatic heterocycles. The molecule has 0 saturated heterocycles. The molecule has 0 heterocycles. The van der Waals surface area contributed by atoms with Crippen LogP contribution in [0.3, 0.4) is 0 Å². The highest BCUT2D eigenvalue weighted by molar-refractivity contribution is 9.11. The number of alkyl halides is 3. The van der Waals surface area contributed by atoms with Gasteiger partial charge in [-0.2, -0.15) is 0 Å². The van der Waals surface area contributed by atoms with Gasteiger partial charge in [-0.05, 0) is 52.8 Å². The van der Waals surface area contributed by atoms with Crippen molar-refractivity contribution in [3.05, 3.63) is 26.6 Å². The van der Waals surface area contributed by atoms with Crippen LogP contribution in [0.15, 0.2) is 21.1 Å². The summed E-state index contributed by atoms with van der Waals surface area (Å²) in [6.07, 6.45) is -1.02. The molecule has 1 unspecified atom stereocenters. The van der Waals surface area contributed by atoms with E-state index < -0.39 is 16.0 Å². The average molecular weight is 542 g/mol. The maximum Gasteiger partial charge on any atom is 0.318 e. The predicted molar refractivity (Wildman–Crippen MR) is 112 cm³/mol. The highest BCUT2D eigenvalue weighted by Crippen LogP contribution is 2.31. The van der Waals surface area contributed by atoms with E-state index in [4.69, 9.17) is 47.0 Å². The number of aryl methyl sites for hydroxylation is 1. The van der Waals surface area contributed by atoms with Crippen molar-refractivity contribution in [2.24, 2.45) is 0 Å². The monoisotopic (exact) mass is 538 g/mol. The van der Waals surface area contributed by atoms with E-state index in [1.165, 1.54) is 4.90 Å². The molecule has 0 aliphatic carbocycles. The first-order chi connectivity index (χ1) is 10.9. The van der Waals surface area contributed by atoms with Gasteiger partial charge in [0.15, 0.2) is 11.3 Å². The number of rotatable bonds is 3. The van der Waals surface area contributed by atoms with Crippen molar-refractivity contribution in [3.8, 4) is 0 Å². The number of anilines is 1. The fraction of sp³-hybridized carbons (Fsp3) is 0.385. The minimum Gasteiger partial charge on any atom is -0.339 e. The first-order valence-electron chi connectivity index (χ1n) is 6.49. The zero-order valence-electron chi connectivity index (χ0n) is 12.9. The fourth-order valence-corrected chi connectivity index (χ4v) is 3.14. The summed E-state index contributed by atoms with van der Waals surface area (Å²) < 4.78 is -0.0484. The Kier molecular flexibility index (Phi) is 8.36. The van der Waals surface area contributed by atoms with E-state index in [9.17, 15) is 4.79 Å². The van der Waals surface area contributed by atoms with Crippen LogP contribution in [0.4, 0.5) is 10.5 Å². The molecule has 5 nitrogen and oxygen atoms in total. The molecule has 1 aromatic carbocycles. The van der Waals surface area contributed by atoms with Gasteiger partial charge in [0.1, 0.15) is 0 Å². The van der Waals surface area contributed by atoms with Gasteiger partial charge in [0.2, 0.25) is 3.79 Å². The van der Waals surface area contributed by atoms with Gasteiger partial charge in [0.05, 0.1) is 5.69 Å². The molecule has 0 radical (unpaired) electrons. The Hall–Kier alpha value is 0.01000.